The quantitative estimate of drug-likeness (QED) is 0.786. The van der Waals surface area contributed by atoms with Gasteiger partial charge in [0.05, 0.1) is 11.9 Å². The van der Waals surface area contributed by atoms with Gasteiger partial charge in [-0.15, -0.1) is 0 Å². The van der Waals surface area contributed by atoms with E-state index in [2.05, 4.69) is 10.4 Å². The van der Waals surface area contributed by atoms with Gasteiger partial charge in [0.2, 0.25) is 11.8 Å². The predicted molar refractivity (Wildman–Crippen MR) is 74.9 cm³/mol. The number of piperidine rings is 1. The summed E-state index contributed by atoms with van der Waals surface area (Å²) in [6.45, 7) is 2.68. The normalized spacial score (nSPS) is 20.9. The largest absolute Gasteiger partial charge is 0.344 e. The fraction of sp³-hybridized carbons (Fsp3) is 0.615. The molecule has 20 heavy (non-hydrogen) atoms. The van der Waals surface area contributed by atoms with Crippen LogP contribution >= 0.6 is 0 Å². The number of anilines is 1. The number of rotatable bonds is 4. The van der Waals surface area contributed by atoms with Gasteiger partial charge in [0.25, 0.3) is 0 Å². The Balaban J connectivity index is 2.05. The van der Waals surface area contributed by atoms with Crippen molar-refractivity contribution < 1.29 is 9.59 Å². The second-order valence-corrected chi connectivity index (χ2v) is 5.20. The van der Waals surface area contributed by atoms with Crippen molar-refractivity contribution in [2.75, 3.05) is 18.0 Å². The summed E-state index contributed by atoms with van der Waals surface area (Å²) in [7, 11) is 1.81. The summed E-state index contributed by atoms with van der Waals surface area (Å²) in [5.41, 5.74) is 6.23. The minimum atomic E-state index is -0.467. The van der Waals surface area contributed by atoms with Gasteiger partial charge in [0, 0.05) is 32.3 Å². The number of carbonyl (C=O) groups is 2. The summed E-state index contributed by atoms with van der Waals surface area (Å²) in [6, 6.07) is -0.467. The summed E-state index contributed by atoms with van der Waals surface area (Å²) in [5, 5.41) is 6.86. The Hall–Kier alpha value is -1.89. The minimum absolute atomic E-state index is 0.0816. The molecule has 2 rings (SSSR count). The van der Waals surface area contributed by atoms with E-state index in [-0.39, 0.29) is 24.3 Å². The third kappa shape index (κ3) is 2.98. The molecule has 0 aliphatic carbocycles. The molecule has 2 unspecified atom stereocenters. The van der Waals surface area contributed by atoms with Crippen LogP contribution in [0.1, 0.15) is 19.8 Å². The Morgan fingerprint density at radius 1 is 1.65 bits per heavy atom. The molecule has 1 aromatic heterocycles. The number of hydrogen-bond acceptors (Lipinski definition) is 4. The van der Waals surface area contributed by atoms with Crippen LogP contribution in [0.15, 0.2) is 12.4 Å². The maximum atomic E-state index is 12.4. The Kier molecular flexibility index (Phi) is 4.39. The van der Waals surface area contributed by atoms with Crippen LogP contribution in [-0.2, 0) is 16.6 Å². The van der Waals surface area contributed by atoms with Crippen molar-refractivity contribution in [1.29, 1.82) is 0 Å². The zero-order valence-corrected chi connectivity index (χ0v) is 11.9. The standard InChI is InChI=1S/C13H21N5O2/c1-9(6-14)12(19)16-11-4-3-5-18(13(11)20)10-7-15-17(2)8-10/h7-9,11H,3-6,14H2,1-2H3,(H,16,19). The number of aromatic nitrogens is 2. The summed E-state index contributed by atoms with van der Waals surface area (Å²) < 4.78 is 1.65. The molecule has 0 spiro atoms. The van der Waals surface area contributed by atoms with Crippen LogP contribution in [0.2, 0.25) is 0 Å². The first kappa shape index (κ1) is 14.5. The highest BCUT2D eigenvalue weighted by Crippen LogP contribution is 2.20. The molecule has 1 fully saturated rings. The van der Waals surface area contributed by atoms with Gasteiger partial charge < -0.3 is 16.0 Å². The molecule has 1 aliphatic rings. The van der Waals surface area contributed by atoms with Gasteiger partial charge in [-0.2, -0.15) is 5.10 Å². The third-order valence-electron chi connectivity index (χ3n) is 3.56. The van der Waals surface area contributed by atoms with Crippen LogP contribution in [0.3, 0.4) is 0 Å². The molecule has 2 heterocycles. The van der Waals surface area contributed by atoms with E-state index in [9.17, 15) is 9.59 Å². The number of hydrogen-bond donors (Lipinski definition) is 2. The Bertz CT molecular complexity index is 499. The van der Waals surface area contributed by atoms with Crippen LogP contribution in [0.25, 0.3) is 0 Å². The van der Waals surface area contributed by atoms with Crippen molar-refractivity contribution in [2.45, 2.75) is 25.8 Å². The van der Waals surface area contributed by atoms with Crippen LogP contribution in [0.5, 0.6) is 0 Å². The molecular weight excluding hydrogens is 258 g/mol. The fourth-order valence-corrected chi connectivity index (χ4v) is 2.23. The lowest BCUT2D eigenvalue weighted by Gasteiger charge is -2.32. The maximum Gasteiger partial charge on any atom is 0.249 e. The van der Waals surface area contributed by atoms with Crippen molar-refractivity contribution in [2.24, 2.45) is 18.7 Å². The molecule has 0 saturated carbocycles. The molecular formula is C13H21N5O2. The van der Waals surface area contributed by atoms with Gasteiger partial charge in [-0.05, 0) is 12.8 Å². The van der Waals surface area contributed by atoms with Crippen molar-refractivity contribution in [3.05, 3.63) is 12.4 Å². The van der Waals surface area contributed by atoms with Gasteiger partial charge in [-0.3, -0.25) is 14.3 Å². The number of amides is 2. The summed E-state index contributed by atoms with van der Waals surface area (Å²) in [6.07, 6.45) is 4.97. The summed E-state index contributed by atoms with van der Waals surface area (Å²) in [5.74, 6) is -0.530. The highest BCUT2D eigenvalue weighted by molar-refractivity contribution is 5.99. The Labute approximate surface area is 118 Å². The van der Waals surface area contributed by atoms with Crippen LogP contribution in [-0.4, -0.2) is 40.7 Å². The second kappa shape index (κ2) is 6.04. The molecule has 0 radical (unpaired) electrons. The lowest BCUT2D eigenvalue weighted by atomic mass is 10.0. The average molecular weight is 279 g/mol. The van der Waals surface area contributed by atoms with Crippen molar-refractivity contribution >= 4 is 17.5 Å². The number of nitrogens with one attached hydrogen (secondary N) is 1. The average Bonchev–Trinajstić information content (AvgIpc) is 2.86. The smallest absolute Gasteiger partial charge is 0.249 e. The first-order valence-electron chi connectivity index (χ1n) is 6.83. The topological polar surface area (TPSA) is 93.2 Å². The zero-order chi connectivity index (χ0) is 14.7. The van der Waals surface area contributed by atoms with Gasteiger partial charge in [0.15, 0.2) is 0 Å². The zero-order valence-electron chi connectivity index (χ0n) is 11.9. The highest BCUT2D eigenvalue weighted by Gasteiger charge is 2.31. The van der Waals surface area contributed by atoms with E-state index in [0.717, 1.165) is 12.1 Å². The Morgan fingerprint density at radius 2 is 2.40 bits per heavy atom. The molecule has 1 aliphatic heterocycles. The van der Waals surface area contributed by atoms with E-state index in [1.54, 1.807) is 35.9 Å². The molecule has 110 valence electrons. The third-order valence-corrected chi connectivity index (χ3v) is 3.56. The molecule has 7 heteroatoms. The minimum Gasteiger partial charge on any atom is -0.344 e. The molecule has 3 N–H and O–H groups in total. The van der Waals surface area contributed by atoms with Gasteiger partial charge in [-0.1, -0.05) is 6.92 Å². The van der Waals surface area contributed by atoms with Gasteiger partial charge in [0.1, 0.15) is 6.04 Å². The van der Waals surface area contributed by atoms with Gasteiger partial charge >= 0.3 is 0 Å². The number of nitrogens with zero attached hydrogens (tertiary/aromatic N) is 3. The molecule has 0 aromatic carbocycles. The SMILES string of the molecule is CC(CN)C(=O)NC1CCCN(c2cnn(C)c2)C1=O. The maximum absolute atomic E-state index is 12.4. The first-order valence-corrected chi connectivity index (χ1v) is 6.83. The molecule has 2 atom stereocenters. The monoisotopic (exact) mass is 279 g/mol. The number of nitrogens with two attached hydrogens (primary N) is 1. The summed E-state index contributed by atoms with van der Waals surface area (Å²) in [4.78, 5) is 26.0. The van der Waals surface area contributed by atoms with Gasteiger partial charge in [-0.25, -0.2) is 0 Å². The highest BCUT2D eigenvalue weighted by atomic mass is 16.2. The van der Waals surface area contributed by atoms with E-state index in [1.807, 2.05) is 0 Å². The van der Waals surface area contributed by atoms with E-state index >= 15 is 0 Å². The molecule has 7 nitrogen and oxygen atoms in total. The molecule has 0 bridgehead atoms. The van der Waals surface area contributed by atoms with Crippen molar-refractivity contribution in [3.63, 3.8) is 0 Å². The fourth-order valence-electron chi connectivity index (χ4n) is 2.23. The predicted octanol–water partition coefficient (Wildman–Crippen LogP) is -0.373. The lowest BCUT2D eigenvalue weighted by Crippen LogP contribution is -2.53. The van der Waals surface area contributed by atoms with Crippen LogP contribution < -0.4 is 16.0 Å². The van der Waals surface area contributed by atoms with Crippen molar-refractivity contribution in [1.82, 2.24) is 15.1 Å². The lowest BCUT2D eigenvalue weighted by molar-refractivity contribution is -0.130. The number of aryl methyl sites for hydroxylation is 1. The van der Waals surface area contributed by atoms with E-state index in [1.165, 1.54) is 0 Å². The van der Waals surface area contributed by atoms with E-state index in [4.69, 9.17) is 5.73 Å². The number of carbonyl (C=O) groups excluding carboxylic acids is 2. The second-order valence-electron chi connectivity index (χ2n) is 5.20. The van der Waals surface area contributed by atoms with Crippen molar-refractivity contribution in [3.8, 4) is 0 Å². The van der Waals surface area contributed by atoms with E-state index in [0.29, 0.717) is 13.0 Å². The Morgan fingerprint density at radius 3 is 3.00 bits per heavy atom. The van der Waals surface area contributed by atoms with E-state index < -0.39 is 6.04 Å². The molecule has 1 saturated heterocycles. The van der Waals surface area contributed by atoms with Crippen LogP contribution in [0, 0.1) is 5.92 Å². The summed E-state index contributed by atoms with van der Waals surface area (Å²) >= 11 is 0. The first-order chi connectivity index (χ1) is 9.52. The molecule has 1 aromatic rings. The molecule has 2 amide bonds. The van der Waals surface area contributed by atoms with Crippen LogP contribution in [0.4, 0.5) is 5.69 Å².